The first-order valence-electron chi connectivity index (χ1n) is 22.0. The number of azo groups is 2. The Morgan fingerprint density at radius 2 is 1.03 bits per heavy atom. The molecule has 1 unspecified atom stereocenters. The molecule has 0 saturated carbocycles. The van der Waals surface area contributed by atoms with E-state index in [9.17, 15) is 4.79 Å². The van der Waals surface area contributed by atoms with Crippen molar-refractivity contribution < 1.29 is 9.53 Å². The fourth-order valence-electron chi connectivity index (χ4n) is 7.86. The topological polar surface area (TPSA) is 112 Å². The Bertz CT molecular complexity index is 2090. The lowest BCUT2D eigenvalue weighted by Gasteiger charge is -2.38. The van der Waals surface area contributed by atoms with E-state index in [2.05, 4.69) is 58.2 Å². The third-order valence-corrected chi connectivity index (χ3v) is 11.1. The zero-order chi connectivity index (χ0) is 40.3. The molecule has 58 heavy (non-hydrogen) atoms. The van der Waals surface area contributed by atoms with Crippen molar-refractivity contribution in [3.8, 4) is 0 Å². The van der Waals surface area contributed by atoms with E-state index in [1.165, 1.54) is 89.9 Å². The Labute approximate surface area is 345 Å². The summed E-state index contributed by atoms with van der Waals surface area (Å²) in [6.45, 7) is 5.32. The Balaban J connectivity index is 0.910. The lowest BCUT2D eigenvalue weighted by molar-refractivity contribution is 0.139. The van der Waals surface area contributed by atoms with Crippen molar-refractivity contribution in [3.63, 3.8) is 0 Å². The van der Waals surface area contributed by atoms with Crippen LogP contribution in [-0.4, -0.2) is 24.9 Å². The highest BCUT2D eigenvalue weighted by atomic mass is 16.5. The molecule has 1 aliphatic rings. The monoisotopic (exact) mass is 782 g/mol. The summed E-state index contributed by atoms with van der Waals surface area (Å²) in [5, 5.41) is 32.6. The van der Waals surface area contributed by atoms with Crippen molar-refractivity contribution in [3.05, 3.63) is 97.1 Å². The van der Waals surface area contributed by atoms with Crippen molar-refractivity contribution in [1.29, 1.82) is 0 Å². The molecule has 1 atom stereocenters. The maximum Gasteiger partial charge on any atom is 0.407 e. The number of hydrogen-bond acceptors (Lipinski definition) is 8. The molecule has 306 valence electrons. The summed E-state index contributed by atoms with van der Waals surface area (Å²) in [5.74, 6) is 0. The van der Waals surface area contributed by atoms with Crippen molar-refractivity contribution in [2.24, 2.45) is 20.5 Å². The number of alkyl carbamates (subject to hydrolysis) is 1. The van der Waals surface area contributed by atoms with Crippen LogP contribution in [0.2, 0.25) is 0 Å². The molecule has 5 aromatic rings. The first-order chi connectivity index (χ1) is 28.5. The van der Waals surface area contributed by atoms with Crippen molar-refractivity contribution >= 4 is 61.8 Å². The highest BCUT2D eigenvalue weighted by Crippen LogP contribution is 2.43. The summed E-state index contributed by atoms with van der Waals surface area (Å²) in [4.78, 5) is 12.5. The van der Waals surface area contributed by atoms with Crippen LogP contribution < -0.4 is 16.0 Å². The fraction of sp³-hybridized carbons (Fsp3) is 0.449. The van der Waals surface area contributed by atoms with Gasteiger partial charge in [0.05, 0.1) is 29.4 Å². The minimum atomic E-state index is -0.503. The number of hydrogen-bond donors (Lipinski definition) is 3. The van der Waals surface area contributed by atoms with Crippen LogP contribution in [0.1, 0.15) is 123 Å². The molecular formula is C49H63N7O2. The molecule has 0 aliphatic carbocycles. The number of nitrogens with one attached hydrogen (secondary N) is 3. The normalized spacial score (nSPS) is 14.9. The molecule has 1 heterocycles. The number of benzene rings is 5. The van der Waals surface area contributed by atoms with Crippen molar-refractivity contribution in [2.75, 3.05) is 23.8 Å². The average molecular weight is 782 g/mol. The number of carbonyl (C=O) groups excluding carboxylic acids is 1. The van der Waals surface area contributed by atoms with E-state index in [1.807, 2.05) is 78.9 Å². The van der Waals surface area contributed by atoms with E-state index in [4.69, 9.17) is 15.0 Å². The van der Waals surface area contributed by atoms with E-state index in [1.54, 1.807) is 0 Å². The molecule has 1 amide bonds. The molecular weight excluding hydrogens is 719 g/mol. The van der Waals surface area contributed by atoms with Crippen LogP contribution in [-0.2, 0) is 4.74 Å². The van der Waals surface area contributed by atoms with Gasteiger partial charge in [0.25, 0.3) is 0 Å². The number of amides is 1. The highest BCUT2D eigenvalue weighted by Gasteiger charge is 2.30. The maximum absolute atomic E-state index is 12.5. The molecule has 9 heteroatoms. The van der Waals surface area contributed by atoms with Gasteiger partial charge < -0.3 is 20.7 Å². The van der Waals surface area contributed by atoms with Crippen molar-refractivity contribution in [2.45, 2.75) is 129 Å². The Kier molecular flexibility index (Phi) is 16.5. The minimum absolute atomic E-state index is 0.291. The number of nitrogens with zero attached hydrogens (tertiary/aromatic N) is 4. The van der Waals surface area contributed by atoms with Gasteiger partial charge in [-0.2, -0.15) is 5.11 Å². The van der Waals surface area contributed by atoms with Crippen LogP contribution in [0.25, 0.3) is 21.5 Å². The molecule has 6 rings (SSSR count). The van der Waals surface area contributed by atoms with E-state index in [0.29, 0.717) is 19.6 Å². The summed E-state index contributed by atoms with van der Waals surface area (Å²) in [6.07, 6.45) is 21.6. The summed E-state index contributed by atoms with van der Waals surface area (Å²) in [7, 11) is 0. The van der Waals surface area contributed by atoms with Crippen LogP contribution >= 0.6 is 0 Å². The predicted octanol–water partition coefficient (Wildman–Crippen LogP) is 15.8. The van der Waals surface area contributed by atoms with Gasteiger partial charge in [0.1, 0.15) is 5.66 Å². The average Bonchev–Trinajstić information content (AvgIpc) is 3.24. The quantitative estimate of drug-likeness (QED) is 0.0427. The number of carbonyl (C=O) groups is 1. The van der Waals surface area contributed by atoms with Gasteiger partial charge in [-0.05, 0) is 55.8 Å². The van der Waals surface area contributed by atoms with Gasteiger partial charge in [0, 0.05) is 45.9 Å². The summed E-state index contributed by atoms with van der Waals surface area (Å²) < 4.78 is 5.60. The number of fused-ring (bicyclic) bond motifs is 1. The van der Waals surface area contributed by atoms with Crippen LogP contribution in [0.15, 0.2) is 118 Å². The highest BCUT2D eigenvalue weighted by molar-refractivity contribution is 6.09. The summed E-state index contributed by atoms with van der Waals surface area (Å²) in [5.41, 5.74) is 4.60. The number of anilines is 2. The number of unbranched alkanes of at least 4 members (excludes halogenated alkanes) is 15. The first kappa shape index (κ1) is 42.3. The van der Waals surface area contributed by atoms with Gasteiger partial charge in [-0.1, -0.05) is 158 Å². The SMILES string of the molecule is CCCCCCCCCCCCCCCCCCNC(=O)OCCC1(C)Nc2cccc3c(/N=N/c4ccc(/N=N/c5ccccc5)c5ccccc45)ccc(c23)N1. The second-order valence-electron chi connectivity index (χ2n) is 15.9. The van der Waals surface area contributed by atoms with Crippen LogP contribution in [0.5, 0.6) is 0 Å². The van der Waals surface area contributed by atoms with Crippen molar-refractivity contribution in [1.82, 2.24) is 5.32 Å². The summed E-state index contributed by atoms with van der Waals surface area (Å²) in [6, 6.07) is 31.9. The second kappa shape index (κ2) is 22.6. The number of rotatable bonds is 24. The van der Waals surface area contributed by atoms with E-state index in [-0.39, 0.29) is 6.09 Å². The second-order valence-corrected chi connectivity index (χ2v) is 15.9. The molecule has 0 radical (unpaired) electrons. The van der Waals surface area contributed by atoms with Crippen LogP contribution in [0.3, 0.4) is 0 Å². The molecule has 0 bridgehead atoms. The fourth-order valence-corrected chi connectivity index (χ4v) is 7.86. The van der Waals surface area contributed by atoms with Gasteiger partial charge in [0.2, 0.25) is 0 Å². The van der Waals surface area contributed by atoms with E-state index in [0.717, 1.165) is 68.5 Å². The smallest absolute Gasteiger partial charge is 0.407 e. The Hall–Kier alpha value is -5.31. The van der Waals surface area contributed by atoms with Gasteiger partial charge in [0.15, 0.2) is 0 Å². The van der Waals surface area contributed by atoms with Gasteiger partial charge in [-0.15, -0.1) is 15.3 Å². The Morgan fingerprint density at radius 3 is 1.64 bits per heavy atom. The van der Waals surface area contributed by atoms with Gasteiger partial charge in [-0.25, -0.2) is 4.79 Å². The van der Waals surface area contributed by atoms with Gasteiger partial charge in [-0.3, -0.25) is 0 Å². The zero-order valence-corrected chi connectivity index (χ0v) is 34.8. The summed E-state index contributed by atoms with van der Waals surface area (Å²) >= 11 is 0. The molecule has 0 spiro atoms. The molecule has 3 N–H and O–H groups in total. The molecule has 9 nitrogen and oxygen atoms in total. The maximum atomic E-state index is 12.5. The third-order valence-electron chi connectivity index (χ3n) is 11.1. The van der Waals surface area contributed by atoms with E-state index >= 15 is 0 Å². The van der Waals surface area contributed by atoms with Gasteiger partial charge >= 0.3 is 6.09 Å². The zero-order valence-electron chi connectivity index (χ0n) is 34.8. The predicted molar refractivity (Wildman–Crippen MR) is 242 cm³/mol. The molecule has 0 saturated heterocycles. The third kappa shape index (κ3) is 12.6. The lowest BCUT2D eigenvalue weighted by Crippen LogP contribution is -2.46. The standard InChI is InChI=1S/C49H63N7O2/c1-3-4-5-6-7-8-9-10-11-12-13-14-15-16-17-23-36-50-48(57)58-37-35-49(2)51-45-30-24-29-41-44(33-34-46(52-49)47(41)45)56-55-43-32-31-42(39-27-21-22-28-40(39)43)54-53-38-25-19-18-20-26-38/h18-22,24-34,51-52H,3-17,23,35-37H2,1-2H3,(H,50,57)/b54-53+,56-55+. The lowest BCUT2D eigenvalue weighted by atomic mass is 9.97. The first-order valence-corrected chi connectivity index (χ1v) is 22.0. The number of ether oxygens (including phenoxy) is 1. The Morgan fingerprint density at radius 1 is 0.552 bits per heavy atom. The molecule has 5 aromatic carbocycles. The molecule has 0 aromatic heterocycles. The molecule has 1 aliphatic heterocycles. The van der Waals surface area contributed by atoms with Crippen LogP contribution in [0, 0.1) is 0 Å². The van der Waals surface area contributed by atoms with Crippen LogP contribution in [0.4, 0.5) is 38.9 Å². The molecule has 0 fully saturated rings. The minimum Gasteiger partial charge on any atom is -0.449 e. The largest absolute Gasteiger partial charge is 0.449 e. The van der Waals surface area contributed by atoms with E-state index < -0.39 is 5.66 Å².